The number of rotatable bonds is 4. The van der Waals surface area contributed by atoms with Crippen LogP contribution in [0.2, 0.25) is 0 Å². The molecule has 0 saturated carbocycles. The van der Waals surface area contributed by atoms with Crippen molar-refractivity contribution in [3.63, 3.8) is 0 Å². The van der Waals surface area contributed by atoms with Gasteiger partial charge in [-0.3, -0.25) is 9.69 Å². The van der Waals surface area contributed by atoms with Crippen LogP contribution in [0.4, 0.5) is 4.39 Å². The summed E-state index contributed by atoms with van der Waals surface area (Å²) in [5.41, 5.74) is 1.97. The Hall–Kier alpha value is -1.79. The number of nitrogens with zero attached hydrogens (tertiary/aromatic N) is 3. The third kappa shape index (κ3) is 4.36. The lowest BCUT2D eigenvalue weighted by Gasteiger charge is -2.34. The van der Waals surface area contributed by atoms with E-state index in [-0.39, 0.29) is 11.7 Å². The molecule has 1 aromatic heterocycles. The quantitative estimate of drug-likeness (QED) is 0.862. The van der Waals surface area contributed by atoms with E-state index in [0.717, 1.165) is 49.0 Å². The molecule has 1 amide bonds. The summed E-state index contributed by atoms with van der Waals surface area (Å²) in [5.74, 6) is -0.159. The first-order valence-electron chi connectivity index (χ1n) is 7.76. The maximum atomic E-state index is 12.9. The first-order valence-corrected chi connectivity index (χ1v) is 8.64. The number of aryl methyl sites for hydroxylation is 1. The van der Waals surface area contributed by atoms with E-state index in [2.05, 4.69) is 15.3 Å². The summed E-state index contributed by atoms with van der Waals surface area (Å²) < 4.78 is 12.9. The normalized spacial score (nSPS) is 15.8. The lowest BCUT2D eigenvalue weighted by atomic mass is 10.1. The summed E-state index contributed by atoms with van der Waals surface area (Å²) in [7, 11) is 0. The third-order valence-corrected chi connectivity index (χ3v) is 4.87. The molecule has 0 aliphatic carbocycles. The van der Waals surface area contributed by atoms with E-state index >= 15 is 0 Å². The Labute approximate surface area is 139 Å². The van der Waals surface area contributed by atoms with Crippen LogP contribution < -0.4 is 0 Å². The fraction of sp³-hybridized carbons (Fsp3) is 0.412. The first-order chi connectivity index (χ1) is 11.1. The molecule has 1 aliphatic heterocycles. The van der Waals surface area contributed by atoms with Crippen LogP contribution in [0.25, 0.3) is 0 Å². The lowest BCUT2D eigenvalue weighted by molar-refractivity contribution is -0.132. The van der Waals surface area contributed by atoms with Crippen LogP contribution >= 0.6 is 11.3 Å². The number of halogens is 1. The highest BCUT2D eigenvalue weighted by Crippen LogP contribution is 2.13. The molecular formula is C17H20FN3OS. The maximum absolute atomic E-state index is 12.9. The Morgan fingerprint density at radius 2 is 1.91 bits per heavy atom. The van der Waals surface area contributed by atoms with Crippen molar-refractivity contribution in [3.8, 4) is 0 Å². The van der Waals surface area contributed by atoms with Crippen molar-refractivity contribution in [1.82, 2.24) is 14.8 Å². The van der Waals surface area contributed by atoms with Gasteiger partial charge in [0, 0.05) is 38.1 Å². The van der Waals surface area contributed by atoms with E-state index in [1.807, 2.05) is 11.8 Å². The smallest absolute Gasteiger partial charge is 0.227 e. The number of benzene rings is 1. The molecule has 4 nitrogen and oxygen atoms in total. The zero-order chi connectivity index (χ0) is 16.2. The van der Waals surface area contributed by atoms with Crippen molar-refractivity contribution in [3.05, 3.63) is 51.7 Å². The van der Waals surface area contributed by atoms with Gasteiger partial charge in [-0.2, -0.15) is 0 Å². The molecule has 3 rings (SSSR count). The van der Waals surface area contributed by atoms with Gasteiger partial charge in [0.25, 0.3) is 0 Å². The Morgan fingerprint density at radius 1 is 1.22 bits per heavy atom. The van der Waals surface area contributed by atoms with Gasteiger partial charge in [0.2, 0.25) is 5.91 Å². The predicted octanol–water partition coefficient (Wildman–Crippen LogP) is 2.48. The molecule has 0 unspecified atom stereocenters. The molecule has 1 aliphatic rings. The molecule has 23 heavy (non-hydrogen) atoms. The number of piperazine rings is 1. The maximum Gasteiger partial charge on any atom is 0.227 e. The fourth-order valence-electron chi connectivity index (χ4n) is 2.75. The minimum atomic E-state index is -0.271. The largest absolute Gasteiger partial charge is 0.340 e. The van der Waals surface area contributed by atoms with E-state index in [9.17, 15) is 9.18 Å². The van der Waals surface area contributed by atoms with E-state index < -0.39 is 0 Å². The molecule has 2 aromatic rings. The van der Waals surface area contributed by atoms with Crippen LogP contribution in [0.5, 0.6) is 0 Å². The molecule has 1 saturated heterocycles. The monoisotopic (exact) mass is 333 g/mol. The number of hydrogen-bond acceptors (Lipinski definition) is 4. The number of aromatic nitrogens is 1. The zero-order valence-electron chi connectivity index (χ0n) is 13.2. The molecule has 0 atom stereocenters. The van der Waals surface area contributed by atoms with Gasteiger partial charge in [0.1, 0.15) is 5.82 Å². The third-order valence-electron chi connectivity index (χ3n) is 4.05. The number of carbonyl (C=O) groups excluding carboxylic acids is 1. The highest BCUT2D eigenvalue weighted by atomic mass is 32.1. The first kappa shape index (κ1) is 16.1. The van der Waals surface area contributed by atoms with Crippen molar-refractivity contribution in [1.29, 1.82) is 0 Å². The van der Waals surface area contributed by atoms with Gasteiger partial charge in [0.05, 0.1) is 17.1 Å². The zero-order valence-corrected chi connectivity index (χ0v) is 14.0. The van der Waals surface area contributed by atoms with Crippen LogP contribution in [0, 0.1) is 12.7 Å². The fourth-order valence-corrected chi connectivity index (χ4v) is 3.36. The van der Waals surface area contributed by atoms with Crippen LogP contribution in [0.3, 0.4) is 0 Å². The van der Waals surface area contributed by atoms with Gasteiger partial charge >= 0.3 is 0 Å². The minimum absolute atomic E-state index is 0.112. The molecule has 1 aromatic carbocycles. The molecule has 0 spiro atoms. The highest BCUT2D eigenvalue weighted by Gasteiger charge is 2.21. The van der Waals surface area contributed by atoms with Gasteiger partial charge < -0.3 is 4.90 Å². The Bertz CT molecular complexity index is 663. The van der Waals surface area contributed by atoms with Gasteiger partial charge in [0.15, 0.2) is 0 Å². The second kappa shape index (κ2) is 7.19. The highest BCUT2D eigenvalue weighted by molar-refractivity contribution is 7.09. The number of thiazole rings is 1. The Balaban J connectivity index is 1.48. The molecule has 2 heterocycles. The molecule has 6 heteroatoms. The summed E-state index contributed by atoms with van der Waals surface area (Å²) in [6.07, 6.45) is 0.339. The summed E-state index contributed by atoms with van der Waals surface area (Å²) in [4.78, 5) is 21.0. The summed E-state index contributed by atoms with van der Waals surface area (Å²) >= 11 is 1.67. The van der Waals surface area contributed by atoms with E-state index in [1.165, 1.54) is 12.1 Å². The predicted molar refractivity (Wildman–Crippen MR) is 88.8 cm³/mol. The van der Waals surface area contributed by atoms with Gasteiger partial charge in [-0.1, -0.05) is 12.1 Å². The van der Waals surface area contributed by atoms with Crippen molar-refractivity contribution in [2.45, 2.75) is 19.9 Å². The average molecular weight is 333 g/mol. The van der Waals surface area contributed by atoms with Gasteiger partial charge in [-0.25, -0.2) is 9.37 Å². The van der Waals surface area contributed by atoms with Gasteiger partial charge in [-0.05, 0) is 24.6 Å². The minimum Gasteiger partial charge on any atom is -0.340 e. The van der Waals surface area contributed by atoms with Crippen molar-refractivity contribution in [2.75, 3.05) is 26.2 Å². The Kier molecular flexibility index (Phi) is 5.03. The topological polar surface area (TPSA) is 36.4 Å². The van der Waals surface area contributed by atoms with Crippen molar-refractivity contribution < 1.29 is 9.18 Å². The summed E-state index contributed by atoms with van der Waals surface area (Å²) in [6, 6.07) is 6.15. The van der Waals surface area contributed by atoms with Crippen LogP contribution in [-0.4, -0.2) is 46.9 Å². The molecule has 1 fully saturated rings. The standard InChI is InChI=1S/C17H20FN3OS/c1-13-19-16(12-23-13)11-20-6-8-21(9-7-20)17(22)10-14-2-4-15(18)5-3-14/h2-5,12H,6-11H2,1H3. The van der Waals surface area contributed by atoms with Gasteiger partial charge in [-0.15, -0.1) is 11.3 Å². The van der Waals surface area contributed by atoms with E-state index in [0.29, 0.717) is 6.42 Å². The number of amides is 1. The second-order valence-electron chi connectivity index (χ2n) is 5.82. The molecule has 0 radical (unpaired) electrons. The second-order valence-corrected chi connectivity index (χ2v) is 6.88. The SMILES string of the molecule is Cc1nc(CN2CCN(C(=O)Cc3ccc(F)cc3)CC2)cs1. The van der Waals surface area contributed by atoms with Crippen LogP contribution in [-0.2, 0) is 17.8 Å². The summed E-state index contributed by atoms with van der Waals surface area (Å²) in [5, 5.41) is 3.19. The molecule has 0 N–H and O–H groups in total. The number of carbonyl (C=O) groups is 1. The van der Waals surface area contributed by atoms with Crippen LogP contribution in [0.1, 0.15) is 16.3 Å². The molecule has 0 bridgehead atoms. The molecular weight excluding hydrogens is 313 g/mol. The Morgan fingerprint density at radius 3 is 2.52 bits per heavy atom. The van der Waals surface area contributed by atoms with Crippen molar-refractivity contribution >= 4 is 17.2 Å². The van der Waals surface area contributed by atoms with Crippen molar-refractivity contribution in [2.24, 2.45) is 0 Å². The van der Waals surface area contributed by atoms with Crippen LogP contribution in [0.15, 0.2) is 29.6 Å². The lowest BCUT2D eigenvalue weighted by Crippen LogP contribution is -2.48. The average Bonchev–Trinajstić information content (AvgIpc) is 2.95. The number of hydrogen-bond donors (Lipinski definition) is 0. The molecule has 122 valence electrons. The summed E-state index contributed by atoms with van der Waals surface area (Å²) in [6.45, 7) is 6.08. The van der Waals surface area contributed by atoms with E-state index in [4.69, 9.17) is 0 Å². The van der Waals surface area contributed by atoms with E-state index in [1.54, 1.807) is 23.5 Å².